The van der Waals surface area contributed by atoms with Crippen LogP contribution in [0.15, 0.2) is 37.7 Å². The second kappa shape index (κ2) is 8.92. The standard InChI is InChI=1S/C15H18I2N2O3/c1-2-22-15(20)19(12-6-4-3-5-7-12)14(13(16)17)18-8-10-21-11-9-18/h3-7H,2,8-11H2,1H3. The van der Waals surface area contributed by atoms with Crippen LogP contribution in [0.1, 0.15) is 6.92 Å². The summed E-state index contributed by atoms with van der Waals surface area (Å²) in [4.78, 5) is 16.3. The number of carbonyl (C=O) groups is 1. The highest BCUT2D eigenvalue weighted by molar-refractivity contribution is 14.2. The molecule has 0 N–H and O–H groups in total. The van der Waals surface area contributed by atoms with Gasteiger partial charge in [-0.05, 0) is 64.2 Å². The number of rotatable bonds is 4. The zero-order valence-corrected chi connectivity index (χ0v) is 16.6. The van der Waals surface area contributed by atoms with Gasteiger partial charge in [-0.1, -0.05) is 18.2 Å². The minimum absolute atomic E-state index is 0.344. The number of nitrogens with zero attached hydrogens (tertiary/aromatic N) is 2. The summed E-state index contributed by atoms with van der Waals surface area (Å²) in [6.45, 7) is 5.00. The molecule has 22 heavy (non-hydrogen) atoms. The Morgan fingerprint density at radius 3 is 2.45 bits per heavy atom. The van der Waals surface area contributed by atoms with Crippen LogP contribution in [0, 0.1) is 0 Å². The predicted molar refractivity (Wildman–Crippen MR) is 103 cm³/mol. The van der Waals surface area contributed by atoms with Gasteiger partial charge in [0.2, 0.25) is 0 Å². The van der Waals surface area contributed by atoms with Crippen LogP contribution in [0.25, 0.3) is 0 Å². The number of anilines is 1. The molecule has 7 heteroatoms. The van der Waals surface area contributed by atoms with Crippen LogP contribution >= 0.6 is 45.2 Å². The molecule has 1 fully saturated rings. The van der Waals surface area contributed by atoms with Gasteiger partial charge in [-0.15, -0.1) is 0 Å². The Morgan fingerprint density at radius 2 is 1.91 bits per heavy atom. The Hall–Kier alpha value is -0.550. The molecular formula is C15H18I2N2O3. The summed E-state index contributed by atoms with van der Waals surface area (Å²) >= 11 is 4.49. The quantitative estimate of drug-likeness (QED) is 0.556. The van der Waals surface area contributed by atoms with E-state index in [0.29, 0.717) is 19.8 Å². The molecule has 0 spiro atoms. The molecule has 0 aromatic heterocycles. The van der Waals surface area contributed by atoms with Gasteiger partial charge in [0.05, 0.1) is 27.1 Å². The summed E-state index contributed by atoms with van der Waals surface area (Å²) < 4.78 is 11.7. The van der Waals surface area contributed by atoms with Crippen molar-refractivity contribution in [1.29, 1.82) is 0 Å². The van der Waals surface area contributed by atoms with Gasteiger partial charge in [0, 0.05) is 13.1 Å². The van der Waals surface area contributed by atoms with Crippen molar-refractivity contribution in [2.75, 3.05) is 37.8 Å². The molecule has 0 saturated carbocycles. The van der Waals surface area contributed by atoms with Gasteiger partial charge in [-0.25, -0.2) is 9.69 Å². The van der Waals surface area contributed by atoms with E-state index >= 15 is 0 Å². The molecule has 120 valence electrons. The normalized spacial score (nSPS) is 14.4. The molecular weight excluding hydrogens is 510 g/mol. The number of benzene rings is 1. The smallest absolute Gasteiger partial charge is 0.420 e. The molecule has 1 aromatic carbocycles. The van der Waals surface area contributed by atoms with Gasteiger partial charge in [-0.3, -0.25) is 0 Å². The van der Waals surface area contributed by atoms with Crippen LogP contribution in [0.3, 0.4) is 0 Å². The minimum atomic E-state index is -0.360. The number of hydrogen-bond donors (Lipinski definition) is 0. The van der Waals surface area contributed by atoms with E-state index in [0.717, 1.165) is 26.2 Å². The number of ether oxygens (including phenoxy) is 2. The van der Waals surface area contributed by atoms with E-state index in [1.54, 1.807) is 4.90 Å². The van der Waals surface area contributed by atoms with Gasteiger partial charge < -0.3 is 14.4 Å². The third kappa shape index (κ3) is 4.48. The third-order valence-electron chi connectivity index (χ3n) is 3.16. The van der Waals surface area contributed by atoms with Gasteiger partial charge in [-0.2, -0.15) is 0 Å². The number of carbonyl (C=O) groups excluding carboxylic acids is 1. The van der Waals surface area contributed by atoms with E-state index in [-0.39, 0.29) is 6.09 Å². The van der Waals surface area contributed by atoms with Crippen LogP contribution in [0.4, 0.5) is 10.5 Å². The van der Waals surface area contributed by atoms with Crippen molar-refractivity contribution in [3.05, 3.63) is 37.7 Å². The highest BCUT2D eigenvalue weighted by Gasteiger charge is 2.28. The van der Waals surface area contributed by atoms with Crippen LogP contribution in [-0.4, -0.2) is 43.9 Å². The molecule has 1 aromatic rings. The number of para-hydroxylation sites is 1. The molecule has 0 radical (unpaired) electrons. The first-order valence-corrected chi connectivity index (χ1v) is 9.20. The molecule has 1 aliphatic rings. The fourth-order valence-corrected chi connectivity index (χ4v) is 3.36. The summed E-state index contributed by atoms with van der Waals surface area (Å²) in [6, 6.07) is 9.58. The first kappa shape index (κ1) is 17.8. The Kier molecular flexibility index (Phi) is 7.22. The first-order chi connectivity index (χ1) is 10.6. The SMILES string of the molecule is CCOC(=O)N(C(=C(I)I)N1CCOCC1)c1ccccc1. The fourth-order valence-electron chi connectivity index (χ4n) is 2.20. The molecule has 1 amide bonds. The lowest BCUT2D eigenvalue weighted by atomic mass is 10.3. The van der Waals surface area contributed by atoms with Crippen molar-refractivity contribution in [1.82, 2.24) is 4.90 Å². The average Bonchev–Trinajstić information content (AvgIpc) is 2.54. The van der Waals surface area contributed by atoms with E-state index in [1.807, 2.05) is 37.3 Å². The monoisotopic (exact) mass is 528 g/mol. The van der Waals surface area contributed by atoms with Crippen LogP contribution in [0.2, 0.25) is 0 Å². The fraction of sp³-hybridized carbons (Fsp3) is 0.400. The van der Waals surface area contributed by atoms with Crippen molar-refractivity contribution in [2.45, 2.75) is 6.92 Å². The number of halogens is 2. The third-order valence-corrected chi connectivity index (χ3v) is 4.12. The number of hydrogen-bond acceptors (Lipinski definition) is 4. The maximum atomic E-state index is 12.5. The average molecular weight is 528 g/mol. The largest absolute Gasteiger partial charge is 0.449 e. The Bertz CT molecular complexity index is 527. The second-order valence-corrected chi connectivity index (χ2v) is 8.77. The van der Waals surface area contributed by atoms with Gasteiger partial charge in [0.1, 0.15) is 5.82 Å². The van der Waals surface area contributed by atoms with Crippen molar-refractivity contribution < 1.29 is 14.3 Å². The summed E-state index contributed by atoms with van der Waals surface area (Å²) in [5.74, 6) is 0.856. The predicted octanol–water partition coefficient (Wildman–Crippen LogP) is 3.98. The molecule has 0 unspecified atom stereocenters. The van der Waals surface area contributed by atoms with Crippen LogP contribution in [-0.2, 0) is 9.47 Å². The lowest BCUT2D eigenvalue weighted by molar-refractivity contribution is 0.0520. The van der Waals surface area contributed by atoms with Crippen molar-refractivity contribution in [3.8, 4) is 0 Å². The molecule has 2 rings (SSSR count). The van der Waals surface area contributed by atoms with Gasteiger partial charge >= 0.3 is 6.09 Å². The Balaban J connectivity index is 2.40. The molecule has 0 bridgehead atoms. The molecule has 0 aliphatic carbocycles. The maximum absolute atomic E-state index is 12.5. The van der Waals surface area contributed by atoms with Crippen molar-refractivity contribution >= 4 is 57.0 Å². The van der Waals surface area contributed by atoms with E-state index in [4.69, 9.17) is 9.47 Å². The summed E-state index contributed by atoms with van der Waals surface area (Å²) in [5.41, 5.74) is 0.799. The highest BCUT2D eigenvalue weighted by Crippen LogP contribution is 2.31. The molecule has 1 saturated heterocycles. The maximum Gasteiger partial charge on any atom is 0.420 e. The minimum Gasteiger partial charge on any atom is -0.449 e. The van der Waals surface area contributed by atoms with E-state index in [9.17, 15) is 4.79 Å². The van der Waals surface area contributed by atoms with E-state index in [2.05, 4.69) is 50.1 Å². The topological polar surface area (TPSA) is 42.0 Å². The molecule has 1 aliphatic heterocycles. The molecule has 0 atom stereocenters. The Labute approximate surface area is 157 Å². The van der Waals surface area contributed by atoms with Gasteiger partial charge in [0.25, 0.3) is 0 Å². The molecule has 1 heterocycles. The second-order valence-electron chi connectivity index (χ2n) is 4.55. The summed E-state index contributed by atoms with van der Waals surface area (Å²) in [6.07, 6.45) is -0.360. The lowest BCUT2D eigenvalue weighted by Gasteiger charge is -2.36. The van der Waals surface area contributed by atoms with Crippen molar-refractivity contribution in [3.63, 3.8) is 0 Å². The van der Waals surface area contributed by atoms with E-state index in [1.165, 1.54) is 0 Å². The zero-order chi connectivity index (χ0) is 15.9. The number of morpholine rings is 1. The van der Waals surface area contributed by atoms with Crippen LogP contribution in [0.5, 0.6) is 0 Å². The lowest BCUT2D eigenvalue weighted by Crippen LogP contribution is -2.45. The highest BCUT2D eigenvalue weighted by atomic mass is 127. The number of amides is 1. The van der Waals surface area contributed by atoms with Crippen molar-refractivity contribution in [2.24, 2.45) is 0 Å². The molecule has 5 nitrogen and oxygen atoms in total. The Morgan fingerprint density at radius 1 is 1.27 bits per heavy atom. The summed E-state index contributed by atoms with van der Waals surface area (Å²) in [5, 5.41) is 0. The summed E-state index contributed by atoms with van der Waals surface area (Å²) in [7, 11) is 0. The first-order valence-electron chi connectivity index (χ1n) is 7.05. The zero-order valence-electron chi connectivity index (χ0n) is 12.3. The van der Waals surface area contributed by atoms with E-state index < -0.39 is 0 Å². The van der Waals surface area contributed by atoms with Gasteiger partial charge in [0.15, 0.2) is 0 Å². The van der Waals surface area contributed by atoms with Crippen LogP contribution < -0.4 is 4.90 Å².